The first-order chi connectivity index (χ1) is 14.4. The lowest BCUT2D eigenvalue weighted by atomic mass is 9.95. The molecule has 1 aromatic rings. The molecule has 8 nitrogen and oxygen atoms in total. The summed E-state index contributed by atoms with van der Waals surface area (Å²) < 4.78 is 18.9. The predicted octanol–water partition coefficient (Wildman–Crippen LogP) is 1.57. The van der Waals surface area contributed by atoms with Crippen LogP contribution in [0.3, 0.4) is 0 Å². The first-order valence-corrected chi connectivity index (χ1v) is 9.83. The maximum atomic E-state index is 13.6. The fourth-order valence-electron chi connectivity index (χ4n) is 3.24. The molecule has 0 spiro atoms. The lowest BCUT2D eigenvalue weighted by Gasteiger charge is -2.33. The monoisotopic (exact) mass is 422 g/mol. The number of aliphatic carboxylic acids is 2. The fraction of sp³-hybridized carbons (Fsp3) is 0.476. The third-order valence-electron chi connectivity index (χ3n) is 4.99. The molecule has 0 bridgehead atoms. The molecule has 0 aromatic heterocycles. The van der Waals surface area contributed by atoms with E-state index in [0.29, 0.717) is 18.0 Å². The average Bonchev–Trinajstić information content (AvgIpc) is 2.74. The number of amides is 1. The second-order valence-electron chi connectivity index (χ2n) is 7.10. The van der Waals surface area contributed by atoms with Gasteiger partial charge in [0.25, 0.3) is 0 Å². The minimum Gasteiger partial charge on any atom is -0.473 e. The molecule has 2 saturated heterocycles. The number of hydrogen-bond acceptors (Lipinski definition) is 5. The highest BCUT2D eigenvalue weighted by Crippen LogP contribution is 2.20. The van der Waals surface area contributed by atoms with E-state index in [4.69, 9.17) is 24.5 Å². The zero-order chi connectivity index (χ0) is 21.9. The molecule has 3 rings (SSSR count). The van der Waals surface area contributed by atoms with Gasteiger partial charge < -0.3 is 19.8 Å². The Morgan fingerprint density at radius 3 is 2.20 bits per heavy atom. The number of halogens is 1. The smallest absolute Gasteiger partial charge is 0.414 e. The summed E-state index contributed by atoms with van der Waals surface area (Å²) in [7, 11) is 0. The van der Waals surface area contributed by atoms with Gasteiger partial charge in [-0.2, -0.15) is 0 Å². The van der Waals surface area contributed by atoms with Gasteiger partial charge in [0.15, 0.2) is 0 Å². The summed E-state index contributed by atoms with van der Waals surface area (Å²) in [5.74, 6) is -3.21. The van der Waals surface area contributed by atoms with Gasteiger partial charge in [0.1, 0.15) is 5.82 Å². The van der Waals surface area contributed by atoms with Crippen molar-refractivity contribution in [3.8, 4) is 0 Å². The van der Waals surface area contributed by atoms with Crippen molar-refractivity contribution < 1.29 is 33.7 Å². The number of ether oxygens (including phenoxy) is 1. The molecule has 0 saturated carbocycles. The van der Waals surface area contributed by atoms with Crippen LogP contribution in [0.25, 0.3) is 6.08 Å². The Hall–Kier alpha value is -2.78. The molecule has 164 valence electrons. The standard InChI is InChI=1S/C19H25FN2O2.C2H2O4/c20-18-4-2-1-3-17(18)6-5-16-7-9-22(10-8-16)19(23)15-21-11-13-24-14-12-21;3-1(4)2(5)6/h1-6,16H,7-15H2;(H,3,4)(H,5,6)/b6-5+;. The highest BCUT2D eigenvalue weighted by Gasteiger charge is 2.23. The Kier molecular flexibility index (Phi) is 9.43. The van der Waals surface area contributed by atoms with Crippen LogP contribution in [0.2, 0.25) is 0 Å². The van der Waals surface area contributed by atoms with Gasteiger partial charge in [0.2, 0.25) is 5.91 Å². The van der Waals surface area contributed by atoms with E-state index < -0.39 is 11.9 Å². The fourth-order valence-corrected chi connectivity index (χ4v) is 3.24. The summed E-state index contributed by atoms with van der Waals surface area (Å²) in [4.78, 5) is 34.7. The van der Waals surface area contributed by atoms with Gasteiger partial charge in [-0.25, -0.2) is 14.0 Å². The van der Waals surface area contributed by atoms with Gasteiger partial charge >= 0.3 is 11.9 Å². The molecule has 2 heterocycles. The molecule has 0 atom stereocenters. The number of benzene rings is 1. The Morgan fingerprint density at radius 2 is 1.63 bits per heavy atom. The van der Waals surface area contributed by atoms with Gasteiger partial charge in [-0.3, -0.25) is 9.69 Å². The summed E-state index contributed by atoms with van der Waals surface area (Å²) in [6, 6.07) is 6.81. The van der Waals surface area contributed by atoms with Crippen LogP contribution >= 0.6 is 0 Å². The number of hydrogen-bond donors (Lipinski definition) is 2. The van der Waals surface area contributed by atoms with Gasteiger partial charge in [0.05, 0.1) is 19.8 Å². The van der Waals surface area contributed by atoms with Crippen molar-refractivity contribution in [2.24, 2.45) is 5.92 Å². The normalized spacial score (nSPS) is 18.0. The molecule has 1 aromatic carbocycles. The largest absolute Gasteiger partial charge is 0.473 e. The lowest BCUT2D eigenvalue weighted by molar-refractivity contribution is -0.159. The highest BCUT2D eigenvalue weighted by atomic mass is 19.1. The number of morpholine rings is 1. The molecule has 2 aliphatic heterocycles. The van der Waals surface area contributed by atoms with Crippen molar-refractivity contribution in [2.75, 3.05) is 45.9 Å². The van der Waals surface area contributed by atoms with Crippen LogP contribution in [0, 0.1) is 11.7 Å². The molecule has 0 radical (unpaired) electrons. The van der Waals surface area contributed by atoms with Crippen molar-refractivity contribution in [1.29, 1.82) is 0 Å². The van der Waals surface area contributed by atoms with E-state index in [1.165, 1.54) is 6.07 Å². The molecule has 1 amide bonds. The molecule has 0 aliphatic carbocycles. The van der Waals surface area contributed by atoms with E-state index in [2.05, 4.69) is 11.0 Å². The Morgan fingerprint density at radius 1 is 1.03 bits per heavy atom. The second-order valence-corrected chi connectivity index (χ2v) is 7.10. The van der Waals surface area contributed by atoms with Crippen LogP contribution in [0.5, 0.6) is 0 Å². The van der Waals surface area contributed by atoms with Crippen molar-refractivity contribution in [1.82, 2.24) is 9.80 Å². The summed E-state index contributed by atoms with van der Waals surface area (Å²) in [6.07, 6.45) is 5.84. The maximum Gasteiger partial charge on any atom is 0.414 e. The highest BCUT2D eigenvalue weighted by molar-refractivity contribution is 6.27. The number of carboxylic acids is 2. The minimum absolute atomic E-state index is 0.188. The van der Waals surface area contributed by atoms with E-state index >= 15 is 0 Å². The Balaban J connectivity index is 0.000000469. The summed E-state index contributed by atoms with van der Waals surface area (Å²) in [6.45, 7) is 5.19. The number of nitrogens with zero attached hydrogens (tertiary/aromatic N) is 2. The Labute approximate surface area is 174 Å². The predicted molar refractivity (Wildman–Crippen MR) is 107 cm³/mol. The maximum absolute atomic E-state index is 13.6. The van der Waals surface area contributed by atoms with Crippen LogP contribution in [0.15, 0.2) is 30.3 Å². The minimum atomic E-state index is -1.82. The van der Waals surface area contributed by atoms with Crippen molar-refractivity contribution in [2.45, 2.75) is 12.8 Å². The molecular formula is C21H27FN2O6. The molecule has 2 N–H and O–H groups in total. The summed E-state index contributed by atoms with van der Waals surface area (Å²) in [5.41, 5.74) is 0.628. The molecule has 2 fully saturated rings. The van der Waals surface area contributed by atoms with Crippen molar-refractivity contribution in [3.63, 3.8) is 0 Å². The quantitative estimate of drug-likeness (QED) is 0.709. The SMILES string of the molecule is O=C(CN1CCOCC1)N1CCC(/C=C/c2ccccc2F)CC1.O=C(O)C(=O)O. The van der Waals surface area contributed by atoms with E-state index in [0.717, 1.165) is 52.2 Å². The number of allylic oxidation sites excluding steroid dienone is 1. The topological polar surface area (TPSA) is 107 Å². The zero-order valence-corrected chi connectivity index (χ0v) is 16.7. The van der Waals surface area contributed by atoms with Crippen LogP contribution in [-0.2, 0) is 19.1 Å². The van der Waals surface area contributed by atoms with Crippen LogP contribution < -0.4 is 0 Å². The average molecular weight is 422 g/mol. The van der Waals surface area contributed by atoms with Crippen LogP contribution in [0.4, 0.5) is 4.39 Å². The van der Waals surface area contributed by atoms with E-state index in [1.807, 2.05) is 17.0 Å². The molecule has 30 heavy (non-hydrogen) atoms. The van der Waals surface area contributed by atoms with E-state index in [1.54, 1.807) is 12.1 Å². The van der Waals surface area contributed by atoms with Crippen molar-refractivity contribution >= 4 is 23.9 Å². The number of carbonyl (C=O) groups excluding carboxylic acids is 1. The first kappa shape index (κ1) is 23.5. The van der Waals surface area contributed by atoms with Gasteiger partial charge in [-0.15, -0.1) is 0 Å². The van der Waals surface area contributed by atoms with Crippen LogP contribution in [-0.4, -0.2) is 83.8 Å². The molecule has 9 heteroatoms. The third kappa shape index (κ3) is 7.92. The summed E-state index contributed by atoms with van der Waals surface area (Å²) >= 11 is 0. The zero-order valence-electron chi connectivity index (χ0n) is 16.7. The number of carbonyl (C=O) groups is 3. The van der Waals surface area contributed by atoms with Gasteiger partial charge in [-0.1, -0.05) is 30.4 Å². The third-order valence-corrected chi connectivity index (χ3v) is 4.99. The van der Waals surface area contributed by atoms with Gasteiger partial charge in [-0.05, 0) is 24.8 Å². The van der Waals surface area contributed by atoms with Crippen molar-refractivity contribution in [3.05, 3.63) is 41.7 Å². The molecule has 0 unspecified atom stereocenters. The van der Waals surface area contributed by atoms with Crippen LogP contribution in [0.1, 0.15) is 18.4 Å². The number of piperidine rings is 1. The van der Waals surface area contributed by atoms with Gasteiger partial charge in [0, 0.05) is 31.7 Å². The summed E-state index contributed by atoms with van der Waals surface area (Å²) in [5, 5.41) is 14.8. The number of rotatable bonds is 4. The lowest BCUT2D eigenvalue weighted by Crippen LogP contribution is -2.46. The second kappa shape index (κ2) is 12.0. The Bertz CT molecular complexity index is 744. The first-order valence-electron chi connectivity index (χ1n) is 9.83. The molecule has 2 aliphatic rings. The van der Waals surface area contributed by atoms with E-state index in [-0.39, 0.29) is 11.7 Å². The number of carboxylic acid groups (broad SMARTS) is 2. The number of likely N-dealkylation sites (tertiary alicyclic amines) is 1. The van der Waals surface area contributed by atoms with E-state index in [9.17, 15) is 9.18 Å². The molecular weight excluding hydrogens is 395 g/mol.